The number of carbonyl (C=O) groups is 3. The van der Waals surface area contributed by atoms with E-state index in [1.54, 1.807) is 54.6 Å². The average Bonchev–Trinajstić information content (AvgIpc) is 2.65. The molecule has 1 heterocycles. The predicted octanol–water partition coefficient (Wildman–Crippen LogP) is 3.68. The summed E-state index contributed by atoms with van der Waals surface area (Å²) in [5, 5.41) is 2.20. The highest BCUT2D eigenvalue weighted by molar-refractivity contribution is 9.10. The monoisotopic (exact) mass is 426 g/mol. The van der Waals surface area contributed by atoms with Crippen LogP contribution >= 0.6 is 15.9 Å². The van der Waals surface area contributed by atoms with Crippen LogP contribution < -0.4 is 15.0 Å². The molecule has 6 nitrogen and oxygen atoms in total. The Hall–Kier alpha value is -3.19. The third kappa shape index (κ3) is 3.98. The molecule has 1 aliphatic heterocycles. The molecule has 0 spiro atoms. The number of benzene rings is 2. The standard InChI is InChI=1S/C20H15BrN2O4/c1-2-10-27-17-9-8-14(21)11-13(17)12-16-18(24)22-20(26)23(19(16)25)15-6-4-3-5-7-15/h2-9,11-12H,1,10H2,(H,22,24,26)/b16-12+. The maximum Gasteiger partial charge on any atom is 0.335 e. The zero-order valence-corrected chi connectivity index (χ0v) is 15.7. The van der Waals surface area contributed by atoms with Crippen molar-refractivity contribution in [2.75, 3.05) is 11.5 Å². The number of rotatable bonds is 5. The molecule has 0 aliphatic carbocycles. The summed E-state index contributed by atoms with van der Waals surface area (Å²) in [6.45, 7) is 3.87. The quantitative estimate of drug-likeness (QED) is 0.449. The second-order valence-corrected chi connectivity index (χ2v) is 6.49. The fourth-order valence-electron chi connectivity index (χ4n) is 2.54. The van der Waals surface area contributed by atoms with Crippen LogP contribution in [0.4, 0.5) is 10.5 Å². The van der Waals surface area contributed by atoms with Crippen LogP contribution in [-0.2, 0) is 9.59 Å². The van der Waals surface area contributed by atoms with Gasteiger partial charge in [-0.1, -0.05) is 46.8 Å². The second-order valence-electron chi connectivity index (χ2n) is 5.58. The Morgan fingerprint density at radius 3 is 2.56 bits per heavy atom. The Labute approximate surface area is 164 Å². The molecule has 27 heavy (non-hydrogen) atoms. The van der Waals surface area contributed by atoms with Gasteiger partial charge >= 0.3 is 6.03 Å². The molecule has 0 aromatic heterocycles. The Kier molecular flexibility index (Phi) is 5.52. The zero-order chi connectivity index (χ0) is 19.4. The van der Waals surface area contributed by atoms with Gasteiger partial charge in [-0.3, -0.25) is 14.9 Å². The van der Waals surface area contributed by atoms with Gasteiger partial charge in [0.1, 0.15) is 17.9 Å². The van der Waals surface area contributed by atoms with Crippen molar-refractivity contribution in [3.8, 4) is 5.75 Å². The molecule has 0 bridgehead atoms. The van der Waals surface area contributed by atoms with Crippen molar-refractivity contribution < 1.29 is 19.1 Å². The number of anilines is 1. The van der Waals surface area contributed by atoms with Gasteiger partial charge in [-0.2, -0.15) is 0 Å². The molecule has 0 atom stereocenters. The summed E-state index contributed by atoms with van der Waals surface area (Å²) in [6.07, 6.45) is 3.00. The van der Waals surface area contributed by atoms with Crippen molar-refractivity contribution in [2.24, 2.45) is 0 Å². The van der Waals surface area contributed by atoms with Gasteiger partial charge in [0.15, 0.2) is 0 Å². The van der Waals surface area contributed by atoms with Crippen molar-refractivity contribution in [3.63, 3.8) is 0 Å². The van der Waals surface area contributed by atoms with Gasteiger partial charge in [-0.25, -0.2) is 9.69 Å². The fourth-order valence-corrected chi connectivity index (χ4v) is 2.92. The first-order chi connectivity index (χ1) is 13.0. The first-order valence-corrected chi connectivity index (χ1v) is 8.80. The van der Waals surface area contributed by atoms with E-state index >= 15 is 0 Å². The topological polar surface area (TPSA) is 75.7 Å². The van der Waals surface area contributed by atoms with E-state index < -0.39 is 17.8 Å². The molecule has 4 amide bonds. The number of hydrogen-bond donors (Lipinski definition) is 1. The molecule has 2 aromatic carbocycles. The van der Waals surface area contributed by atoms with Gasteiger partial charge in [0.05, 0.1) is 5.69 Å². The minimum absolute atomic E-state index is 0.167. The van der Waals surface area contributed by atoms with Gasteiger partial charge in [-0.15, -0.1) is 0 Å². The number of barbiturate groups is 1. The van der Waals surface area contributed by atoms with Gasteiger partial charge in [0.2, 0.25) is 0 Å². The number of para-hydroxylation sites is 1. The Morgan fingerprint density at radius 2 is 1.85 bits per heavy atom. The van der Waals surface area contributed by atoms with Gasteiger partial charge < -0.3 is 4.74 Å². The van der Waals surface area contributed by atoms with E-state index in [2.05, 4.69) is 27.8 Å². The SMILES string of the molecule is C=CCOc1ccc(Br)cc1/C=C1\C(=O)NC(=O)N(c2ccccc2)C1=O. The Balaban J connectivity index is 2.03. The molecule has 7 heteroatoms. The summed E-state index contributed by atoms with van der Waals surface area (Å²) in [5.74, 6) is -0.981. The minimum atomic E-state index is -0.786. The van der Waals surface area contributed by atoms with Gasteiger partial charge in [-0.05, 0) is 36.4 Å². The van der Waals surface area contributed by atoms with Crippen molar-refractivity contribution >= 4 is 45.5 Å². The fraction of sp³-hybridized carbons (Fsp3) is 0.0500. The summed E-state index contributed by atoms with van der Waals surface area (Å²) < 4.78 is 6.33. The number of halogens is 1. The number of carbonyl (C=O) groups excluding carboxylic acids is 3. The molecule has 2 aromatic rings. The molecular weight excluding hydrogens is 412 g/mol. The molecule has 0 unspecified atom stereocenters. The molecule has 136 valence electrons. The van der Waals surface area contributed by atoms with E-state index in [0.717, 1.165) is 9.37 Å². The average molecular weight is 427 g/mol. The lowest BCUT2D eigenvalue weighted by atomic mass is 10.1. The minimum Gasteiger partial charge on any atom is -0.489 e. The van der Waals surface area contributed by atoms with Crippen molar-refractivity contribution in [1.29, 1.82) is 0 Å². The smallest absolute Gasteiger partial charge is 0.335 e. The summed E-state index contributed by atoms with van der Waals surface area (Å²) in [7, 11) is 0. The van der Waals surface area contributed by atoms with E-state index in [4.69, 9.17) is 4.74 Å². The van der Waals surface area contributed by atoms with E-state index in [0.29, 0.717) is 17.0 Å². The van der Waals surface area contributed by atoms with Crippen LogP contribution in [0.25, 0.3) is 6.08 Å². The lowest BCUT2D eigenvalue weighted by molar-refractivity contribution is -0.122. The van der Waals surface area contributed by atoms with Crippen LogP contribution in [0.2, 0.25) is 0 Å². The van der Waals surface area contributed by atoms with Gasteiger partial charge in [0, 0.05) is 10.0 Å². The normalized spacial score (nSPS) is 15.7. The van der Waals surface area contributed by atoms with E-state index in [9.17, 15) is 14.4 Å². The zero-order valence-electron chi connectivity index (χ0n) is 14.1. The lowest BCUT2D eigenvalue weighted by Crippen LogP contribution is -2.54. The first-order valence-electron chi connectivity index (χ1n) is 8.01. The van der Waals surface area contributed by atoms with Crippen LogP contribution in [0, 0.1) is 0 Å². The molecule has 1 fully saturated rings. The Bertz CT molecular complexity index is 954. The number of imide groups is 2. The molecule has 0 saturated carbocycles. The van der Waals surface area contributed by atoms with Crippen LogP contribution in [-0.4, -0.2) is 24.5 Å². The highest BCUT2D eigenvalue weighted by Crippen LogP contribution is 2.28. The van der Waals surface area contributed by atoms with Crippen molar-refractivity contribution in [1.82, 2.24) is 5.32 Å². The third-order valence-corrected chi connectivity index (χ3v) is 4.24. The second kappa shape index (κ2) is 8.01. The molecule has 0 radical (unpaired) electrons. The van der Waals surface area contributed by atoms with Crippen LogP contribution in [0.3, 0.4) is 0 Å². The summed E-state index contributed by atoms with van der Waals surface area (Å²) >= 11 is 3.36. The number of hydrogen-bond acceptors (Lipinski definition) is 4. The first kappa shape index (κ1) is 18.6. The van der Waals surface area contributed by atoms with Crippen molar-refractivity contribution in [2.45, 2.75) is 0 Å². The number of nitrogens with one attached hydrogen (secondary N) is 1. The summed E-state index contributed by atoms with van der Waals surface area (Å²) in [4.78, 5) is 38.3. The molecule has 1 aliphatic rings. The maximum absolute atomic E-state index is 12.9. The number of urea groups is 1. The molecule has 1 N–H and O–H groups in total. The summed E-state index contributed by atoms with van der Waals surface area (Å²) in [6, 6.07) is 12.8. The summed E-state index contributed by atoms with van der Waals surface area (Å²) in [5.41, 5.74) is 0.725. The lowest BCUT2D eigenvalue weighted by Gasteiger charge is -2.26. The Morgan fingerprint density at radius 1 is 1.11 bits per heavy atom. The van der Waals surface area contributed by atoms with Crippen LogP contribution in [0.15, 0.2) is 71.2 Å². The van der Waals surface area contributed by atoms with Crippen LogP contribution in [0.1, 0.15) is 5.56 Å². The van der Waals surface area contributed by atoms with Crippen LogP contribution in [0.5, 0.6) is 5.75 Å². The largest absolute Gasteiger partial charge is 0.489 e. The van der Waals surface area contributed by atoms with E-state index in [-0.39, 0.29) is 12.2 Å². The predicted molar refractivity (Wildman–Crippen MR) is 105 cm³/mol. The maximum atomic E-state index is 12.9. The molecule has 3 rings (SSSR count). The highest BCUT2D eigenvalue weighted by Gasteiger charge is 2.36. The van der Waals surface area contributed by atoms with Crippen molar-refractivity contribution in [3.05, 3.63) is 76.8 Å². The highest BCUT2D eigenvalue weighted by atomic mass is 79.9. The molecule has 1 saturated heterocycles. The number of amides is 4. The molecular formula is C20H15BrN2O4. The van der Waals surface area contributed by atoms with E-state index in [1.807, 2.05) is 0 Å². The number of ether oxygens (including phenoxy) is 1. The van der Waals surface area contributed by atoms with E-state index in [1.165, 1.54) is 6.08 Å². The third-order valence-electron chi connectivity index (χ3n) is 3.74. The van der Waals surface area contributed by atoms with Gasteiger partial charge in [0.25, 0.3) is 11.8 Å². The number of nitrogens with zero attached hydrogens (tertiary/aromatic N) is 1.